The first-order chi connectivity index (χ1) is 19.0. The molecule has 4 aromatic carbocycles. The lowest BCUT2D eigenvalue weighted by Gasteiger charge is -2.17. The molecular formula is C30H22F4N4O2. The van der Waals surface area contributed by atoms with Gasteiger partial charge in [0.1, 0.15) is 11.6 Å². The van der Waals surface area contributed by atoms with Crippen LogP contribution in [-0.4, -0.2) is 28.0 Å². The number of hydrogen-bond donors (Lipinski definition) is 3. The van der Waals surface area contributed by atoms with Gasteiger partial charge in [-0.2, -0.15) is 13.2 Å². The van der Waals surface area contributed by atoms with Crippen molar-refractivity contribution in [1.29, 1.82) is 0 Å². The number of phenolic OH excluding ortho intramolecular Hbond substituents is 1. The molecule has 0 saturated heterocycles. The van der Waals surface area contributed by atoms with Crippen molar-refractivity contribution in [2.24, 2.45) is 0 Å². The molecule has 0 aliphatic heterocycles. The summed E-state index contributed by atoms with van der Waals surface area (Å²) in [5, 5.41) is 17.5. The number of rotatable bonds is 5. The number of benzene rings is 4. The van der Waals surface area contributed by atoms with E-state index >= 15 is 0 Å². The average molecular weight is 547 g/mol. The predicted octanol–water partition coefficient (Wildman–Crippen LogP) is 7.43. The Morgan fingerprint density at radius 1 is 0.950 bits per heavy atom. The highest BCUT2D eigenvalue weighted by molar-refractivity contribution is 6.06. The normalized spacial score (nSPS) is 11.4. The molecular weight excluding hydrogens is 524 g/mol. The van der Waals surface area contributed by atoms with Crippen molar-refractivity contribution in [1.82, 2.24) is 9.97 Å². The van der Waals surface area contributed by atoms with Crippen molar-refractivity contribution in [2.75, 3.05) is 17.7 Å². The summed E-state index contributed by atoms with van der Waals surface area (Å²) in [5.41, 5.74) is 2.19. The van der Waals surface area contributed by atoms with E-state index in [9.17, 15) is 27.5 Å². The quantitative estimate of drug-likeness (QED) is 0.200. The second-order valence-corrected chi connectivity index (χ2v) is 9.10. The number of carbonyl (C=O) groups is 1. The number of nitrogens with one attached hydrogen (secondary N) is 2. The number of aromatic nitrogens is 2. The number of fused-ring (bicyclic) bond motifs is 1. The molecule has 5 aromatic rings. The molecule has 0 bridgehead atoms. The number of amides is 1. The first-order valence-corrected chi connectivity index (χ1v) is 12.1. The van der Waals surface area contributed by atoms with E-state index in [0.29, 0.717) is 39.1 Å². The summed E-state index contributed by atoms with van der Waals surface area (Å²) in [4.78, 5) is 21.8. The number of aryl methyl sites for hydroxylation is 1. The Hall–Kier alpha value is -4.99. The molecule has 0 aliphatic rings. The highest BCUT2D eigenvalue weighted by Crippen LogP contribution is 2.44. The first-order valence-electron chi connectivity index (χ1n) is 12.1. The minimum Gasteiger partial charge on any atom is -0.507 e. The van der Waals surface area contributed by atoms with Crippen LogP contribution in [0, 0.1) is 12.7 Å². The second kappa shape index (κ2) is 10.3. The number of nitrogens with zero attached hydrogens (tertiary/aromatic N) is 2. The van der Waals surface area contributed by atoms with E-state index in [1.54, 1.807) is 44.4 Å². The zero-order valence-electron chi connectivity index (χ0n) is 21.3. The lowest BCUT2D eigenvalue weighted by Crippen LogP contribution is -2.13. The van der Waals surface area contributed by atoms with Gasteiger partial charge in [-0.15, -0.1) is 0 Å². The third kappa shape index (κ3) is 5.15. The van der Waals surface area contributed by atoms with Crippen molar-refractivity contribution in [3.63, 3.8) is 0 Å². The van der Waals surface area contributed by atoms with Crippen molar-refractivity contribution in [3.8, 4) is 28.0 Å². The number of anilines is 2. The van der Waals surface area contributed by atoms with Gasteiger partial charge in [-0.1, -0.05) is 24.3 Å². The fourth-order valence-corrected chi connectivity index (χ4v) is 4.41. The minimum atomic E-state index is -4.55. The number of aromatic hydroxyl groups is 1. The lowest BCUT2D eigenvalue weighted by molar-refractivity contribution is -0.137. The molecule has 202 valence electrons. The maximum absolute atomic E-state index is 13.7. The molecule has 10 heteroatoms. The Labute approximate surface area is 226 Å². The van der Waals surface area contributed by atoms with Gasteiger partial charge in [0, 0.05) is 35.4 Å². The Bertz CT molecular complexity index is 1750. The van der Waals surface area contributed by atoms with E-state index in [1.807, 2.05) is 0 Å². The van der Waals surface area contributed by atoms with Gasteiger partial charge in [0.15, 0.2) is 0 Å². The standard InChI is InChI=1S/C30H22F4N4O2/c1-16-6-7-18(28(40)37-22-5-3-4-20(14-22)30(32,33)34)12-23(16)24-13-19-15-36-29(35-2)38-26(19)25(27(24)39)17-8-10-21(31)11-9-17/h3-15,39H,1-2H3,(H,37,40)(H,35,36,38). The number of halogens is 4. The van der Waals surface area contributed by atoms with E-state index in [-0.39, 0.29) is 17.0 Å². The molecule has 6 nitrogen and oxygen atoms in total. The summed E-state index contributed by atoms with van der Waals surface area (Å²) >= 11 is 0. The number of hydrogen-bond acceptors (Lipinski definition) is 5. The molecule has 1 aromatic heterocycles. The molecule has 0 aliphatic carbocycles. The SMILES string of the molecule is CNc1ncc2cc(-c3cc(C(=O)Nc4cccc(C(F)(F)F)c4)ccc3C)c(O)c(-c3ccc(F)cc3)c2n1. The summed E-state index contributed by atoms with van der Waals surface area (Å²) in [6, 6.07) is 16.4. The maximum Gasteiger partial charge on any atom is 0.416 e. The van der Waals surface area contributed by atoms with Crippen molar-refractivity contribution in [3.05, 3.63) is 102 Å². The monoisotopic (exact) mass is 546 g/mol. The highest BCUT2D eigenvalue weighted by Gasteiger charge is 2.30. The summed E-state index contributed by atoms with van der Waals surface area (Å²) in [6.45, 7) is 1.80. The summed E-state index contributed by atoms with van der Waals surface area (Å²) in [5.74, 6) is -0.878. The minimum absolute atomic E-state index is 0.00779. The fraction of sp³-hybridized carbons (Fsp3) is 0.100. The predicted molar refractivity (Wildman–Crippen MR) is 146 cm³/mol. The van der Waals surface area contributed by atoms with Gasteiger partial charge in [-0.05, 0) is 72.1 Å². The van der Waals surface area contributed by atoms with Crippen molar-refractivity contribution in [2.45, 2.75) is 13.1 Å². The highest BCUT2D eigenvalue weighted by atomic mass is 19.4. The van der Waals surface area contributed by atoms with Crippen LogP contribution in [-0.2, 0) is 6.18 Å². The van der Waals surface area contributed by atoms with Gasteiger partial charge in [0.2, 0.25) is 5.95 Å². The van der Waals surface area contributed by atoms with Crippen LogP contribution >= 0.6 is 0 Å². The second-order valence-electron chi connectivity index (χ2n) is 9.10. The molecule has 1 heterocycles. The van der Waals surface area contributed by atoms with E-state index in [1.165, 1.54) is 36.4 Å². The number of alkyl halides is 3. The Balaban J connectivity index is 1.62. The lowest BCUT2D eigenvalue weighted by atomic mass is 9.91. The molecule has 0 unspecified atom stereocenters. The molecule has 0 spiro atoms. The Morgan fingerprint density at radius 3 is 2.40 bits per heavy atom. The van der Waals surface area contributed by atoms with Gasteiger partial charge in [-0.25, -0.2) is 14.4 Å². The van der Waals surface area contributed by atoms with Crippen LogP contribution < -0.4 is 10.6 Å². The molecule has 40 heavy (non-hydrogen) atoms. The largest absolute Gasteiger partial charge is 0.507 e. The molecule has 1 amide bonds. The number of phenols is 1. The Kier molecular flexibility index (Phi) is 6.85. The van der Waals surface area contributed by atoms with Crippen LogP contribution in [0.4, 0.5) is 29.2 Å². The number of carbonyl (C=O) groups excluding carboxylic acids is 1. The Morgan fingerprint density at radius 2 is 1.70 bits per heavy atom. The van der Waals surface area contributed by atoms with Crippen LogP contribution in [0.2, 0.25) is 0 Å². The third-order valence-electron chi connectivity index (χ3n) is 6.44. The summed E-state index contributed by atoms with van der Waals surface area (Å²) in [7, 11) is 1.66. The van der Waals surface area contributed by atoms with Gasteiger partial charge in [0.25, 0.3) is 5.91 Å². The van der Waals surface area contributed by atoms with E-state index in [4.69, 9.17) is 0 Å². The van der Waals surface area contributed by atoms with Gasteiger partial charge in [-0.3, -0.25) is 4.79 Å². The molecule has 5 rings (SSSR count). The van der Waals surface area contributed by atoms with E-state index in [2.05, 4.69) is 20.6 Å². The van der Waals surface area contributed by atoms with E-state index in [0.717, 1.165) is 17.7 Å². The van der Waals surface area contributed by atoms with Gasteiger partial charge < -0.3 is 15.7 Å². The topological polar surface area (TPSA) is 87.1 Å². The van der Waals surface area contributed by atoms with Crippen LogP contribution in [0.15, 0.2) is 79.0 Å². The fourth-order valence-electron chi connectivity index (χ4n) is 4.41. The van der Waals surface area contributed by atoms with Crippen LogP contribution in [0.1, 0.15) is 21.5 Å². The van der Waals surface area contributed by atoms with Gasteiger partial charge >= 0.3 is 6.18 Å². The van der Waals surface area contributed by atoms with Crippen LogP contribution in [0.3, 0.4) is 0 Å². The van der Waals surface area contributed by atoms with E-state index < -0.39 is 23.5 Å². The van der Waals surface area contributed by atoms with Crippen molar-refractivity contribution < 1.29 is 27.5 Å². The van der Waals surface area contributed by atoms with Crippen LogP contribution in [0.5, 0.6) is 5.75 Å². The molecule has 0 saturated carbocycles. The summed E-state index contributed by atoms with van der Waals surface area (Å²) in [6.07, 6.45) is -2.96. The van der Waals surface area contributed by atoms with Gasteiger partial charge in [0.05, 0.1) is 16.6 Å². The summed E-state index contributed by atoms with van der Waals surface area (Å²) < 4.78 is 53.0. The molecule has 0 fully saturated rings. The molecule has 0 atom stereocenters. The van der Waals surface area contributed by atoms with Crippen LogP contribution in [0.25, 0.3) is 33.2 Å². The third-order valence-corrected chi connectivity index (χ3v) is 6.44. The molecule has 3 N–H and O–H groups in total. The zero-order valence-corrected chi connectivity index (χ0v) is 21.3. The average Bonchev–Trinajstić information content (AvgIpc) is 2.93. The first kappa shape index (κ1) is 26.6. The molecule has 0 radical (unpaired) electrons. The zero-order chi connectivity index (χ0) is 28.6. The van der Waals surface area contributed by atoms with Crippen molar-refractivity contribution >= 4 is 28.4 Å². The smallest absolute Gasteiger partial charge is 0.416 e. The maximum atomic E-state index is 13.7.